The first-order valence-corrected chi connectivity index (χ1v) is 8.13. The van der Waals surface area contributed by atoms with Crippen LogP contribution in [0.1, 0.15) is 36.5 Å². The predicted octanol–water partition coefficient (Wildman–Crippen LogP) is 3.33. The molecule has 0 saturated carbocycles. The standard InChI is InChI=1S/C16H20O3S/c1-2-19-15(17)11-14-13(9-6-10-20-14)16(18)12-7-4-3-5-8-12/h3-5,7-8,13-14H,2,6,9-11H2,1H3/t13-,14+/m0/s1. The maximum Gasteiger partial charge on any atom is 0.306 e. The Morgan fingerprint density at radius 1 is 1.30 bits per heavy atom. The zero-order chi connectivity index (χ0) is 14.4. The van der Waals surface area contributed by atoms with Crippen LogP contribution in [0.15, 0.2) is 30.3 Å². The highest BCUT2D eigenvalue weighted by Crippen LogP contribution is 2.35. The lowest BCUT2D eigenvalue weighted by Crippen LogP contribution is -2.32. The van der Waals surface area contributed by atoms with E-state index < -0.39 is 0 Å². The van der Waals surface area contributed by atoms with Gasteiger partial charge in [-0.3, -0.25) is 9.59 Å². The highest BCUT2D eigenvalue weighted by Gasteiger charge is 2.33. The maximum absolute atomic E-state index is 12.6. The molecule has 0 aromatic heterocycles. The zero-order valence-corrected chi connectivity index (χ0v) is 12.5. The van der Waals surface area contributed by atoms with Gasteiger partial charge >= 0.3 is 5.97 Å². The first-order chi connectivity index (χ1) is 9.72. The molecule has 1 aliphatic heterocycles. The van der Waals surface area contributed by atoms with Crippen LogP contribution in [0.2, 0.25) is 0 Å². The highest BCUT2D eigenvalue weighted by atomic mass is 32.2. The molecule has 1 fully saturated rings. The number of thioether (sulfide) groups is 1. The minimum atomic E-state index is -0.197. The van der Waals surface area contributed by atoms with Gasteiger partial charge in [0.1, 0.15) is 0 Å². The van der Waals surface area contributed by atoms with Crippen LogP contribution in [0.4, 0.5) is 0 Å². The van der Waals surface area contributed by atoms with Crippen molar-refractivity contribution in [3.8, 4) is 0 Å². The summed E-state index contributed by atoms with van der Waals surface area (Å²) in [6.45, 7) is 2.20. The topological polar surface area (TPSA) is 43.4 Å². The van der Waals surface area contributed by atoms with Gasteiger partial charge in [-0.05, 0) is 25.5 Å². The van der Waals surface area contributed by atoms with Gasteiger partial charge in [-0.25, -0.2) is 0 Å². The summed E-state index contributed by atoms with van der Waals surface area (Å²) in [6.07, 6.45) is 2.24. The van der Waals surface area contributed by atoms with Crippen LogP contribution in [-0.2, 0) is 9.53 Å². The van der Waals surface area contributed by atoms with E-state index in [0.717, 1.165) is 24.2 Å². The fourth-order valence-electron chi connectivity index (χ4n) is 2.54. The van der Waals surface area contributed by atoms with E-state index in [1.54, 1.807) is 18.7 Å². The largest absolute Gasteiger partial charge is 0.466 e. The van der Waals surface area contributed by atoms with E-state index >= 15 is 0 Å². The van der Waals surface area contributed by atoms with Crippen LogP contribution in [0.5, 0.6) is 0 Å². The van der Waals surface area contributed by atoms with E-state index in [1.807, 2.05) is 30.3 Å². The molecule has 0 amide bonds. The van der Waals surface area contributed by atoms with Gasteiger partial charge in [-0.1, -0.05) is 30.3 Å². The highest BCUT2D eigenvalue weighted by molar-refractivity contribution is 8.00. The molecule has 0 unspecified atom stereocenters. The van der Waals surface area contributed by atoms with Crippen LogP contribution in [0, 0.1) is 5.92 Å². The third kappa shape index (κ3) is 3.85. The van der Waals surface area contributed by atoms with Crippen molar-refractivity contribution in [3.63, 3.8) is 0 Å². The molecule has 0 radical (unpaired) electrons. The number of ketones is 1. The molecule has 108 valence electrons. The number of benzene rings is 1. The molecule has 3 nitrogen and oxygen atoms in total. The molecule has 2 atom stereocenters. The average molecular weight is 292 g/mol. The van der Waals surface area contributed by atoms with Crippen LogP contribution < -0.4 is 0 Å². The molecular weight excluding hydrogens is 272 g/mol. The number of carbonyl (C=O) groups is 2. The molecule has 0 bridgehead atoms. The van der Waals surface area contributed by atoms with Crippen molar-refractivity contribution in [2.45, 2.75) is 31.4 Å². The fourth-order valence-corrected chi connectivity index (χ4v) is 3.92. The molecule has 1 heterocycles. The smallest absolute Gasteiger partial charge is 0.306 e. The normalized spacial score (nSPS) is 22.2. The Kier molecular flexibility index (Phi) is 5.65. The second-order valence-corrected chi connectivity index (χ2v) is 6.24. The Hall–Kier alpha value is -1.29. The van der Waals surface area contributed by atoms with Crippen molar-refractivity contribution in [1.82, 2.24) is 0 Å². The lowest BCUT2D eigenvalue weighted by atomic mass is 9.88. The lowest BCUT2D eigenvalue weighted by Gasteiger charge is -2.29. The molecule has 0 N–H and O–H groups in total. The zero-order valence-electron chi connectivity index (χ0n) is 11.7. The van der Waals surface area contributed by atoms with E-state index in [2.05, 4.69) is 0 Å². The van der Waals surface area contributed by atoms with E-state index in [1.165, 1.54) is 0 Å². The second kappa shape index (κ2) is 7.48. The molecular formula is C16H20O3S. The minimum absolute atomic E-state index is 0.0514. The molecule has 20 heavy (non-hydrogen) atoms. The average Bonchev–Trinajstić information content (AvgIpc) is 2.48. The summed E-state index contributed by atoms with van der Waals surface area (Å²) >= 11 is 1.73. The number of ether oxygens (including phenoxy) is 1. The van der Waals surface area contributed by atoms with Gasteiger partial charge in [0.05, 0.1) is 13.0 Å². The van der Waals surface area contributed by atoms with Crippen molar-refractivity contribution in [3.05, 3.63) is 35.9 Å². The summed E-state index contributed by atoms with van der Waals surface area (Å²) in [5.41, 5.74) is 0.744. The molecule has 2 rings (SSSR count). The van der Waals surface area contributed by atoms with Gasteiger partial charge in [0.25, 0.3) is 0 Å². The molecule has 4 heteroatoms. The van der Waals surface area contributed by atoms with Gasteiger partial charge in [-0.15, -0.1) is 0 Å². The van der Waals surface area contributed by atoms with Gasteiger partial charge < -0.3 is 4.74 Å². The summed E-state index contributed by atoms with van der Waals surface area (Å²) in [5.74, 6) is 0.910. The molecule has 1 aromatic carbocycles. The monoisotopic (exact) mass is 292 g/mol. The first kappa shape index (κ1) is 15.1. The quantitative estimate of drug-likeness (QED) is 0.617. The van der Waals surface area contributed by atoms with Crippen molar-refractivity contribution in [2.24, 2.45) is 5.92 Å². The molecule has 0 aliphatic carbocycles. The lowest BCUT2D eigenvalue weighted by molar-refractivity contribution is -0.143. The van der Waals surface area contributed by atoms with Crippen LogP contribution >= 0.6 is 11.8 Å². The van der Waals surface area contributed by atoms with Crippen molar-refractivity contribution >= 4 is 23.5 Å². The SMILES string of the molecule is CCOC(=O)C[C@H]1SCCC[C@@H]1C(=O)c1ccccc1. The van der Waals surface area contributed by atoms with E-state index in [4.69, 9.17) is 4.74 Å². The van der Waals surface area contributed by atoms with Gasteiger partial charge in [0.15, 0.2) is 5.78 Å². The molecule has 1 aromatic rings. The molecule has 0 spiro atoms. The Bertz CT molecular complexity index is 458. The van der Waals surface area contributed by atoms with Crippen molar-refractivity contribution in [1.29, 1.82) is 0 Å². The number of esters is 1. The van der Waals surface area contributed by atoms with Crippen LogP contribution in [0.25, 0.3) is 0 Å². The summed E-state index contributed by atoms with van der Waals surface area (Å²) in [4.78, 5) is 24.3. The molecule has 1 saturated heterocycles. The first-order valence-electron chi connectivity index (χ1n) is 7.09. The van der Waals surface area contributed by atoms with E-state index in [0.29, 0.717) is 13.0 Å². The summed E-state index contributed by atoms with van der Waals surface area (Å²) in [5, 5.41) is 0.0514. The Balaban J connectivity index is 2.06. The number of rotatable bonds is 5. The summed E-state index contributed by atoms with van der Waals surface area (Å²) < 4.78 is 5.01. The third-order valence-electron chi connectivity index (χ3n) is 3.51. The summed E-state index contributed by atoms with van der Waals surface area (Å²) in [7, 11) is 0. The van der Waals surface area contributed by atoms with E-state index in [-0.39, 0.29) is 22.9 Å². The van der Waals surface area contributed by atoms with Gasteiger partial charge in [0.2, 0.25) is 0 Å². The van der Waals surface area contributed by atoms with Crippen LogP contribution in [-0.4, -0.2) is 29.4 Å². The summed E-state index contributed by atoms with van der Waals surface area (Å²) in [6, 6.07) is 9.36. The van der Waals surface area contributed by atoms with Crippen molar-refractivity contribution in [2.75, 3.05) is 12.4 Å². The fraction of sp³-hybridized carbons (Fsp3) is 0.500. The minimum Gasteiger partial charge on any atom is -0.466 e. The Morgan fingerprint density at radius 3 is 2.75 bits per heavy atom. The molecule has 1 aliphatic rings. The van der Waals surface area contributed by atoms with Gasteiger partial charge in [0, 0.05) is 16.7 Å². The number of Topliss-reactive ketones (excluding diaryl/α,β-unsaturated/α-hetero) is 1. The number of hydrogen-bond donors (Lipinski definition) is 0. The van der Waals surface area contributed by atoms with Crippen molar-refractivity contribution < 1.29 is 14.3 Å². The number of carbonyl (C=O) groups excluding carboxylic acids is 2. The Morgan fingerprint density at radius 2 is 2.05 bits per heavy atom. The number of hydrogen-bond acceptors (Lipinski definition) is 4. The van der Waals surface area contributed by atoms with Gasteiger partial charge in [-0.2, -0.15) is 11.8 Å². The predicted molar refractivity (Wildman–Crippen MR) is 81.0 cm³/mol. The third-order valence-corrected chi connectivity index (χ3v) is 4.96. The van der Waals surface area contributed by atoms with E-state index in [9.17, 15) is 9.59 Å². The van der Waals surface area contributed by atoms with Crippen LogP contribution in [0.3, 0.4) is 0 Å². The Labute approximate surface area is 124 Å². The maximum atomic E-state index is 12.6. The second-order valence-electron chi connectivity index (χ2n) is 4.90.